The van der Waals surface area contributed by atoms with Crippen LogP contribution < -0.4 is 14.8 Å². The molecule has 2 N–H and O–H groups in total. The van der Waals surface area contributed by atoms with Gasteiger partial charge in [-0.05, 0) is 38.6 Å². The fraction of sp³-hybridized carbons (Fsp3) is 0.538. The number of likely N-dealkylation sites (N-methyl/N-ethyl adjacent to an activating group) is 1. The predicted molar refractivity (Wildman–Crippen MR) is 67.7 cm³/mol. The quantitative estimate of drug-likeness (QED) is 0.761. The molecule has 0 spiro atoms. The monoisotopic (exact) mass is 239 g/mol. The van der Waals surface area contributed by atoms with Crippen LogP contribution in [-0.2, 0) is 0 Å². The Morgan fingerprint density at radius 2 is 1.82 bits per heavy atom. The van der Waals surface area contributed by atoms with Gasteiger partial charge in [0.15, 0.2) is 11.5 Å². The summed E-state index contributed by atoms with van der Waals surface area (Å²) < 4.78 is 11.0. The predicted octanol–water partition coefficient (Wildman–Crippen LogP) is 1.74. The summed E-state index contributed by atoms with van der Waals surface area (Å²) in [7, 11) is 1.81. The fourth-order valence-corrected chi connectivity index (χ4v) is 1.59. The van der Waals surface area contributed by atoms with E-state index in [-0.39, 0.29) is 0 Å². The van der Waals surface area contributed by atoms with Gasteiger partial charge in [0.1, 0.15) is 0 Å². The van der Waals surface area contributed by atoms with Crippen molar-refractivity contribution in [3.05, 3.63) is 23.8 Å². The lowest BCUT2D eigenvalue weighted by Crippen LogP contribution is -2.16. The number of ether oxygens (including phenoxy) is 2. The van der Waals surface area contributed by atoms with Crippen molar-refractivity contribution in [2.45, 2.75) is 20.0 Å². The van der Waals surface area contributed by atoms with Crippen molar-refractivity contribution in [3.8, 4) is 11.5 Å². The molecule has 1 unspecified atom stereocenters. The van der Waals surface area contributed by atoms with Gasteiger partial charge in [0.25, 0.3) is 0 Å². The molecule has 1 aromatic carbocycles. The minimum Gasteiger partial charge on any atom is -0.490 e. The van der Waals surface area contributed by atoms with Gasteiger partial charge in [0.05, 0.1) is 19.3 Å². The van der Waals surface area contributed by atoms with Crippen LogP contribution >= 0.6 is 0 Å². The second-order valence-corrected chi connectivity index (χ2v) is 3.65. The second kappa shape index (κ2) is 7.14. The Balaban J connectivity index is 2.91. The van der Waals surface area contributed by atoms with E-state index in [0.29, 0.717) is 25.5 Å². The third-order valence-electron chi connectivity index (χ3n) is 2.35. The van der Waals surface area contributed by atoms with Gasteiger partial charge in [-0.25, -0.2) is 0 Å². The Labute approximate surface area is 103 Å². The summed E-state index contributed by atoms with van der Waals surface area (Å²) in [6.07, 6.45) is -0.533. The van der Waals surface area contributed by atoms with E-state index in [2.05, 4.69) is 5.32 Å². The molecule has 0 aromatic heterocycles. The van der Waals surface area contributed by atoms with E-state index >= 15 is 0 Å². The van der Waals surface area contributed by atoms with Gasteiger partial charge >= 0.3 is 0 Å². The maximum atomic E-state index is 9.88. The Morgan fingerprint density at radius 3 is 2.41 bits per heavy atom. The summed E-state index contributed by atoms with van der Waals surface area (Å²) in [4.78, 5) is 0. The van der Waals surface area contributed by atoms with Gasteiger partial charge in [-0.15, -0.1) is 0 Å². The first-order valence-electron chi connectivity index (χ1n) is 5.95. The number of benzene rings is 1. The van der Waals surface area contributed by atoms with E-state index in [1.165, 1.54) is 0 Å². The number of hydrogen-bond donors (Lipinski definition) is 2. The highest BCUT2D eigenvalue weighted by Crippen LogP contribution is 2.30. The molecule has 0 heterocycles. The van der Waals surface area contributed by atoms with Gasteiger partial charge in [-0.3, -0.25) is 0 Å². The minimum atomic E-state index is -0.533. The first-order chi connectivity index (χ1) is 8.22. The molecule has 4 heteroatoms. The lowest BCUT2D eigenvalue weighted by atomic mass is 10.1. The van der Waals surface area contributed by atoms with E-state index in [1.807, 2.05) is 32.0 Å². The number of aliphatic hydroxyl groups is 1. The van der Waals surface area contributed by atoms with E-state index < -0.39 is 6.10 Å². The van der Waals surface area contributed by atoms with Gasteiger partial charge in [-0.1, -0.05) is 6.07 Å². The van der Waals surface area contributed by atoms with E-state index in [1.54, 1.807) is 7.05 Å². The molecule has 0 radical (unpaired) electrons. The molecule has 0 aliphatic heterocycles. The van der Waals surface area contributed by atoms with Crippen molar-refractivity contribution < 1.29 is 14.6 Å². The SMILES string of the molecule is CCOc1ccc(C(O)CNC)cc1OCC. The average Bonchev–Trinajstić information content (AvgIpc) is 2.32. The first-order valence-corrected chi connectivity index (χ1v) is 5.95. The summed E-state index contributed by atoms with van der Waals surface area (Å²) in [6, 6.07) is 5.52. The maximum Gasteiger partial charge on any atom is 0.161 e. The van der Waals surface area contributed by atoms with Crippen molar-refractivity contribution in [1.29, 1.82) is 0 Å². The largest absolute Gasteiger partial charge is 0.490 e. The Kier molecular flexibility index (Phi) is 5.80. The van der Waals surface area contributed by atoms with Crippen LogP contribution in [-0.4, -0.2) is 31.9 Å². The van der Waals surface area contributed by atoms with Gasteiger partial charge in [0, 0.05) is 6.54 Å². The summed E-state index contributed by atoms with van der Waals surface area (Å²) >= 11 is 0. The number of nitrogens with one attached hydrogen (secondary N) is 1. The molecule has 0 saturated heterocycles. The normalized spacial score (nSPS) is 12.2. The Bertz CT molecular complexity index is 341. The summed E-state index contributed by atoms with van der Waals surface area (Å²) in [5, 5.41) is 12.8. The summed E-state index contributed by atoms with van der Waals surface area (Å²) in [5.74, 6) is 1.40. The third-order valence-corrected chi connectivity index (χ3v) is 2.35. The lowest BCUT2D eigenvalue weighted by Gasteiger charge is -2.15. The van der Waals surface area contributed by atoms with E-state index in [0.717, 1.165) is 11.3 Å². The van der Waals surface area contributed by atoms with Crippen molar-refractivity contribution in [2.75, 3.05) is 26.8 Å². The van der Waals surface area contributed by atoms with Crippen LogP contribution in [0.5, 0.6) is 11.5 Å². The summed E-state index contributed by atoms with van der Waals surface area (Å²) in [5.41, 5.74) is 0.825. The van der Waals surface area contributed by atoms with Crippen LogP contribution in [0.4, 0.5) is 0 Å². The van der Waals surface area contributed by atoms with Crippen molar-refractivity contribution in [2.24, 2.45) is 0 Å². The molecule has 1 aromatic rings. The third kappa shape index (κ3) is 3.91. The van der Waals surface area contributed by atoms with Crippen LogP contribution in [0.1, 0.15) is 25.5 Å². The van der Waals surface area contributed by atoms with Crippen LogP contribution in [0, 0.1) is 0 Å². The molecular weight excluding hydrogens is 218 g/mol. The van der Waals surface area contributed by atoms with E-state index in [4.69, 9.17) is 9.47 Å². The minimum absolute atomic E-state index is 0.513. The molecule has 0 amide bonds. The molecule has 0 bridgehead atoms. The molecule has 96 valence electrons. The molecule has 4 nitrogen and oxygen atoms in total. The van der Waals surface area contributed by atoms with Crippen molar-refractivity contribution >= 4 is 0 Å². The van der Waals surface area contributed by atoms with Gasteiger partial charge in [0.2, 0.25) is 0 Å². The Morgan fingerprint density at radius 1 is 1.18 bits per heavy atom. The molecule has 0 aliphatic carbocycles. The van der Waals surface area contributed by atoms with Crippen LogP contribution in [0.25, 0.3) is 0 Å². The van der Waals surface area contributed by atoms with Crippen LogP contribution in [0.3, 0.4) is 0 Å². The van der Waals surface area contributed by atoms with Crippen molar-refractivity contribution in [1.82, 2.24) is 5.32 Å². The molecule has 17 heavy (non-hydrogen) atoms. The van der Waals surface area contributed by atoms with Crippen LogP contribution in [0.15, 0.2) is 18.2 Å². The standard InChI is InChI=1S/C13H21NO3/c1-4-16-12-7-6-10(11(15)9-14-3)8-13(12)17-5-2/h6-8,11,14-15H,4-5,9H2,1-3H3. The van der Waals surface area contributed by atoms with Crippen LogP contribution in [0.2, 0.25) is 0 Å². The fourth-order valence-electron chi connectivity index (χ4n) is 1.59. The molecule has 1 rings (SSSR count). The zero-order chi connectivity index (χ0) is 12.7. The molecule has 0 aliphatic rings. The number of rotatable bonds is 7. The van der Waals surface area contributed by atoms with E-state index in [9.17, 15) is 5.11 Å². The molecule has 1 atom stereocenters. The molecular formula is C13H21NO3. The number of aliphatic hydroxyl groups excluding tert-OH is 1. The smallest absolute Gasteiger partial charge is 0.161 e. The molecule has 0 saturated carbocycles. The average molecular weight is 239 g/mol. The summed E-state index contributed by atoms with van der Waals surface area (Å²) in [6.45, 7) is 5.54. The lowest BCUT2D eigenvalue weighted by molar-refractivity contribution is 0.177. The maximum absolute atomic E-state index is 9.88. The van der Waals surface area contributed by atoms with Gasteiger partial charge < -0.3 is 19.9 Å². The second-order valence-electron chi connectivity index (χ2n) is 3.65. The first kappa shape index (κ1) is 13.8. The van der Waals surface area contributed by atoms with Crippen molar-refractivity contribution in [3.63, 3.8) is 0 Å². The van der Waals surface area contributed by atoms with Gasteiger partial charge in [-0.2, -0.15) is 0 Å². The zero-order valence-corrected chi connectivity index (χ0v) is 10.7. The Hall–Kier alpha value is -1.26. The highest BCUT2D eigenvalue weighted by atomic mass is 16.5. The number of hydrogen-bond acceptors (Lipinski definition) is 4. The molecule has 0 fully saturated rings. The highest BCUT2D eigenvalue weighted by Gasteiger charge is 2.11. The topological polar surface area (TPSA) is 50.7 Å². The zero-order valence-electron chi connectivity index (χ0n) is 10.7. The highest BCUT2D eigenvalue weighted by molar-refractivity contribution is 5.43.